The summed E-state index contributed by atoms with van der Waals surface area (Å²) >= 11 is 0. The van der Waals surface area contributed by atoms with Gasteiger partial charge in [0, 0.05) is 12.1 Å². The minimum atomic E-state index is -0.512. The summed E-state index contributed by atoms with van der Waals surface area (Å²) in [6.07, 6.45) is 2.03. The summed E-state index contributed by atoms with van der Waals surface area (Å²) in [5, 5.41) is 5.77. The van der Waals surface area contributed by atoms with Gasteiger partial charge < -0.3 is 15.4 Å². The van der Waals surface area contributed by atoms with E-state index in [0.717, 1.165) is 0 Å². The number of ether oxygens (including phenoxy) is 1. The number of nitrogens with one attached hydrogen (secondary N) is 2. The predicted octanol–water partition coefficient (Wildman–Crippen LogP) is 2.30. The maximum atomic E-state index is 13.8. The van der Waals surface area contributed by atoms with E-state index in [2.05, 4.69) is 20.6 Å². The van der Waals surface area contributed by atoms with Gasteiger partial charge in [-0.05, 0) is 30.4 Å². The SMILES string of the molecule is O=C1COc2ncnc(NC[C@@H]3C[C@H]3c3c(F)cccc3F)c2N1. The average Bonchev–Trinajstić information content (AvgIpc) is 3.32. The lowest BCUT2D eigenvalue weighted by atomic mass is 10.1. The van der Waals surface area contributed by atoms with Crippen molar-refractivity contribution in [2.75, 3.05) is 23.8 Å². The molecule has 0 saturated heterocycles. The number of hydrogen-bond acceptors (Lipinski definition) is 5. The fourth-order valence-electron chi connectivity index (χ4n) is 2.95. The Balaban J connectivity index is 1.45. The zero-order valence-electron chi connectivity index (χ0n) is 12.6. The van der Waals surface area contributed by atoms with Crippen LogP contribution in [0.1, 0.15) is 17.9 Å². The smallest absolute Gasteiger partial charge is 0.262 e. The van der Waals surface area contributed by atoms with E-state index in [-0.39, 0.29) is 29.9 Å². The Bertz CT molecular complexity index is 794. The van der Waals surface area contributed by atoms with Crippen LogP contribution in [0, 0.1) is 17.6 Å². The first kappa shape index (κ1) is 14.8. The number of hydrogen-bond donors (Lipinski definition) is 2. The fourth-order valence-corrected chi connectivity index (χ4v) is 2.95. The Morgan fingerprint density at radius 1 is 1.29 bits per heavy atom. The molecule has 2 heterocycles. The molecule has 1 aromatic carbocycles. The van der Waals surface area contributed by atoms with Crippen molar-refractivity contribution >= 4 is 17.4 Å². The molecule has 0 bridgehead atoms. The van der Waals surface area contributed by atoms with Crippen LogP contribution in [0.2, 0.25) is 0 Å². The molecule has 0 spiro atoms. The highest BCUT2D eigenvalue weighted by Gasteiger charge is 2.41. The van der Waals surface area contributed by atoms with Crippen molar-refractivity contribution in [3.63, 3.8) is 0 Å². The number of benzene rings is 1. The lowest BCUT2D eigenvalue weighted by molar-refractivity contribution is -0.118. The third-order valence-corrected chi connectivity index (χ3v) is 4.24. The van der Waals surface area contributed by atoms with Crippen molar-refractivity contribution in [2.45, 2.75) is 12.3 Å². The zero-order valence-corrected chi connectivity index (χ0v) is 12.6. The Hall–Kier alpha value is -2.77. The van der Waals surface area contributed by atoms with Crippen LogP contribution in [-0.4, -0.2) is 29.0 Å². The number of rotatable bonds is 4. The van der Waals surface area contributed by atoms with Gasteiger partial charge in [0.2, 0.25) is 5.88 Å². The van der Waals surface area contributed by atoms with Crippen LogP contribution < -0.4 is 15.4 Å². The largest absolute Gasteiger partial charge is 0.466 e. The number of anilines is 2. The van der Waals surface area contributed by atoms with Gasteiger partial charge in [-0.1, -0.05) is 6.07 Å². The molecule has 2 N–H and O–H groups in total. The van der Waals surface area contributed by atoms with Crippen molar-refractivity contribution in [1.82, 2.24) is 9.97 Å². The molecule has 0 radical (unpaired) electrons. The topological polar surface area (TPSA) is 76.1 Å². The third kappa shape index (κ3) is 2.64. The van der Waals surface area contributed by atoms with E-state index in [4.69, 9.17) is 4.74 Å². The zero-order chi connectivity index (χ0) is 16.7. The van der Waals surface area contributed by atoms with E-state index >= 15 is 0 Å². The Labute approximate surface area is 136 Å². The van der Waals surface area contributed by atoms with Gasteiger partial charge in [0.15, 0.2) is 12.4 Å². The number of amides is 1. The molecule has 1 aliphatic heterocycles. The molecule has 24 heavy (non-hydrogen) atoms. The summed E-state index contributed by atoms with van der Waals surface area (Å²) in [4.78, 5) is 19.5. The molecular weight excluding hydrogens is 318 g/mol. The molecule has 1 aliphatic carbocycles. The molecular formula is C16H14F2N4O2. The minimum absolute atomic E-state index is 0.0826. The molecule has 1 aromatic heterocycles. The molecule has 2 aliphatic rings. The Kier molecular flexibility index (Phi) is 3.51. The number of aromatic nitrogens is 2. The Morgan fingerprint density at radius 2 is 2.08 bits per heavy atom. The van der Waals surface area contributed by atoms with Gasteiger partial charge in [-0.2, -0.15) is 4.98 Å². The van der Waals surface area contributed by atoms with E-state index < -0.39 is 11.6 Å². The summed E-state index contributed by atoms with van der Waals surface area (Å²) in [6.45, 7) is 0.401. The van der Waals surface area contributed by atoms with Gasteiger partial charge in [-0.15, -0.1) is 0 Å². The first-order valence-electron chi connectivity index (χ1n) is 7.59. The van der Waals surface area contributed by atoms with Crippen molar-refractivity contribution in [3.05, 3.63) is 41.7 Å². The van der Waals surface area contributed by atoms with Gasteiger partial charge in [-0.25, -0.2) is 13.8 Å². The molecule has 0 unspecified atom stereocenters. The number of carbonyl (C=O) groups excluding carboxylic acids is 1. The van der Waals surface area contributed by atoms with Crippen LogP contribution in [0.4, 0.5) is 20.3 Å². The highest BCUT2D eigenvalue weighted by Crippen LogP contribution is 2.49. The van der Waals surface area contributed by atoms with E-state index in [1.807, 2.05) is 0 Å². The molecule has 1 fully saturated rings. The van der Waals surface area contributed by atoms with Crippen molar-refractivity contribution in [3.8, 4) is 5.88 Å². The predicted molar refractivity (Wildman–Crippen MR) is 81.9 cm³/mol. The Morgan fingerprint density at radius 3 is 2.88 bits per heavy atom. The van der Waals surface area contributed by atoms with Crippen LogP contribution in [0.5, 0.6) is 5.88 Å². The summed E-state index contributed by atoms with van der Waals surface area (Å²) in [6, 6.07) is 3.91. The second kappa shape index (κ2) is 5.70. The second-order valence-corrected chi connectivity index (χ2v) is 5.86. The fraction of sp³-hybridized carbons (Fsp3) is 0.312. The number of carbonyl (C=O) groups is 1. The third-order valence-electron chi connectivity index (χ3n) is 4.24. The summed E-state index contributed by atoms with van der Waals surface area (Å²) in [7, 11) is 0. The number of fused-ring (bicyclic) bond motifs is 1. The average molecular weight is 332 g/mol. The lowest BCUT2D eigenvalue weighted by Gasteiger charge is -2.19. The van der Waals surface area contributed by atoms with Gasteiger partial charge in [-0.3, -0.25) is 4.79 Å². The molecule has 2 aromatic rings. The summed E-state index contributed by atoms with van der Waals surface area (Å²) < 4.78 is 32.8. The highest BCUT2D eigenvalue weighted by atomic mass is 19.1. The molecule has 8 heteroatoms. The highest BCUT2D eigenvalue weighted by molar-refractivity contribution is 5.97. The molecule has 6 nitrogen and oxygen atoms in total. The van der Waals surface area contributed by atoms with E-state index in [1.54, 1.807) is 0 Å². The normalized spacial score (nSPS) is 21.5. The molecule has 4 rings (SSSR count). The standard InChI is InChI=1S/C16H14F2N4O2/c17-10-2-1-3-11(18)13(10)9-4-8(9)5-19-15-14-16(21-7-20-15)24-6-12(23)22-14/h1-3,7-9H,4-6H2,(H,22,23)(H,19,20,21)/t8-,9+/m0/s1. The first-order chi connectivity index (χ1) is 11.6. The van der Waals surface area contributed by atoms with Gasteiger partial charge in [0.1, 0.15) is 23.6 Å². The van der Waals surface area contributed by atoms with E-state index in [1.165, 1.54) is 24.5 Å². The lowest BCUT2D eigenvalue weighted by Crippen LogP contribution is -2.27. The second-order valence-electron chi connectivity index (χ2n) is 5.86. The van der Waals surface area contributed by atoms with Crippen molar-refractivity contribution in [2.24, 2.45) is 5.92 Å². The van der Waals surface area contributed by atoms with E-state index in [9.17, 15) is 13.6 Å². The summed E-state index contributed by atoms with van der Waals surface area (Å²) in [5.41, 5.74) is 0.536. The van der Waals surface area contributed by atoms with Crippen LogP contribution in [0.25, 0.3) is 0 Å². The number of halogens is 2. The molecule has 1 saturated carbocycles. The van der Waals surface area contributed by atoms with Crippen LogP contribution >= 0.6 is 0 Å². The van der Waals surface area contributed by atoms with Crippen molar-refractivity contribution < 1.29 is 18.3 Å². The monoisotopic (exact) mass is 332 g/mol. The van der Waals surface area contributed by atoms with Gasteiger partial charge in [0.05, 0.1) is 0 Å². The van der Waals surface area contributed by atoms with Gasteiger partial charge >= 0.3 is 0 Å². The van der Waals surface area contributed by atoms with Gasteiger partial charge in [0.25, 0.3) is 5.91 Å². The molecule has 1 amide bonds. The molecule has 2 atom stereocenters. The van der Waals surface area contributed by atoms with Crippen molar-refractivity contribution in [1.29, 1.82) is 0 Å². The number of nitrogens with zero attached hydrogens (tertiary/aromatic N) is 2. The maximum absolute atomic E-state index is 13.8. The molecule has 124 valence electrons. The maximum Gasteiger partial charge on any atom is 0.262 e. The first-order valence-corrected chi connectivity index (χ1v) is 7.59. The van der Waals surface area contributed by atoms with Crippen LogP contribution in [0.15, 0.2) is 24.5 Å². The van der Waals surface area contributed by atoms with E-state index in [0.29, 0.717) is 30.4 Å². The summed E-state index contributed by atoms with van der Waals surface area (Å²) in [5.74, 6) is -0.611. The van der Waals surface area contributed by atoms with Crippen LogP contribution in [0.3, 0.4) is 0 Å². The quantitative estimate of drug-likeness (QED) is 0.898. The van der Waals surface area contributed by atoms with Crippen LogP contribution in [-0.2, 0) is 4.79 Å². The minimum Gasteiger partial charge on any atom is -0.466 e.